The van der Waals surface area contributed by atoms with Crippen LogP contribution in [0.2, 0.25) is 0 Å². The SMILES string of the molecule is O=[N+]([O-])c1cccc2c(N(CCO)C3CCC3)ccnc12. The minimum absolute atomic E-state index is 0.0203. The van der Waals surface area contributed by atoms with Crippen molar-refractivity contribution in [2.24, 2.45) is 0 Å². The van der Waals surface area contributed by atoms with Gasteiger partial charge in [0.2, 0.25) is 0 Å². The number of rotatable bonds is 5. The molecule has 1 N–H and O–H groups in total. The highest BCUT2D eigenvalue weighted by molar-refractivity contribution is 5.96. The molecule has 1 heterocycles. The van der Waals surface area contributed by atoms with Gasteiger partial charge in [-0.15, -0.1) is 0 Å². The molecule has 0 unspecified atom stereocenters. The maximum Gasteiger partial charge on any atom is 0.295 e. The van der Waals surface area contributed by atoms with Gasteiger partial charge in [0.15, 0.2) is 0 Å². The van der Waals surface area contributed by atoms with Gasteiger partial charge in [0.25, 0.3) is 5.69 Å². The van der Waals surface area contributed by atoms with E-state index in [9.17, 15) is 15.2 Å². The number of pyridine rings is 1. The predicted molar refractivity (Wildman–Crippen MR) is 80.5 cm³/mol. The lowest BCUT2D eigenvalue weighted by molar-refractivity contribution is -0.383. The Labute approximate surface area is 122 Å². The number of nitro benzene ring substituents is 1. The van der Waals surface area contributed by atoms with E-state index in [1.54, 1.807) is 12.3 Å². The molecule has 1 aliphatic rings. The molecular formula is C15H17N3O3. The van der Waals surface area contributed by atoms with Crippen molar-refractivity contribution in [3.63, 3.8) is 0 Å². The van der Waals surface area contributed by atoms with Crippen LogP contribution in [0.4, 0.5) is 11.4 Å². The number of non-ortho nitro benzene ring substituents is 1. The third-order valence-corrected chi connectivity index (χ3v) is 4.09. The van der Waals surface area contributed by atoms with Gasteiger partial charge in [0.1, 0.15) is 5.52 Å². The molecule has 0 aliphatic heterocycles. The largest absolute Gasteiger partial charge is 0.395 e. The zero-order valence-corrected chi connectivity index (χ0v) is 11.6. The molecule has 21 heavy (non-hydrogen) atoms. The summed E-state index contributed by atoms with van der Waals surface area (Å²) in [7, 11) is 0. The number of para-hydroxylation sites is 1. The second-order valence-corrected chi connectivity index (χ2v) is 5.26. The van der Waals surface area contributed by atoms with E-state index < -0.39 is 4.92 Å². The van der Waals surface area contributed by atoms with Crippen molar-refractivity contribution in [1.29, 1.82) is 0 Å². The standard InChI is InChI=1S/C15H17N3O3/c19-10-9-17(11-3-1-4-11)13-7-8-16-15-12(13)5-2-6-14(15)18(20)21/h2,5-8,11,19H,1,3-4,9-10H2. The highest BCUT2D eigenvalue weighted by atomic mass is 16.6. The molecule has 1 aromatic heterocycles. The molecule has 0 atom stereocenters. The van der Waals surface area contributed by atoms with Crippen LogP contribution in [0.3, 0.4) is 0 Å². The topological polar surface area (TPSA) is 79.5 Å². The maximum atomic E-state index is 11.1. The van der Waals surface area contributed by atoms with Gasteiger partial charge in [-0.05, 0) is 25.3 Å². The van der Waals surface area contributed by atoms with Crippen molar-refractivity contribution in [3.05, 3.63) is 40.6 Å². The summed E-state index contributed by atoms with van der Waals surface area (Å²) in [6.07, 6.45) is 4.99. The Balaban J connectivity index is 2.13. The first-order chi connectivity index (χ1) is 10.2. The van der Waals surface area contributed by atoms with E-state index in [-0.39, 0.29) is 12.3 Å². The fourth-order valence-corrected chi connectivity index (χ4v) is 2.85. The second-order valence-electron chi connectivity index (χ2n) is 5.26. The van der Waals surface area contributed by atoms with Gasteiger partial charge in [-0.1, -0.05) is 12.1 Å². The Morgan fingerprint density at radius 1 is 1.38 bits per heavy atom. The number of nitrogens with zero attached hydrogens (tertiary/aromatic N) is 3. The number of hydrogen-bond donors (Lipinski definition) is 1. The molecule has 6 heteroatoms. The fraction of sp³-hybridized carbons (Fsp3) is 0.400. The number of benzene rings is 1. The number of aliphatic hydroxyl groups is 1. The van der Waals surface area contributed by atoms with E-state index >= 15 is 0 Å². The van der Waals surface area contributed by atoms with E-state index in [1.165, 1.54) is 12.5 Å². The Hall–Kier alpha value is -2.21. The summed E-state index contributed by atoms with van der Waals surface area (Å²) < 4.78 is 0. The first-order valence-electron chi connectivity index (χ1n) is 7.12. The minimum atomic E-state index is -0.404. The van der Waals surface area contributed by atoms with Crippen LogP contribution in [0.5, 0.6) is 0 Å². The van der Waals surface area contributed by atoms with Crippen LogP contribution in [-0.4, -0.2) is 34.2 Å². The molecule has 110 valence electrons. The van der Waals surface area contributed by atoms with Crippen LogP contribution in [0.25, 0.3) is 10.9 Å². The fourth-order valence-electron chi connectivity index (χ4n) is 2.85. The monoisotopic (exact) mass is 287 g/mol. The number of anilines is 1. The lowest BCUT2D eigenvalue weighted by atomic mass is 9.90. The highest BCUT2D eigenvalue weighted by Gasteiger charge is 2.27. The molecule has 3 rings (SSSR count). The van der Waals surface area contributed by atoms with E-state index in [0.717, 1.165) is 23.9 Å². The highest BCUT2D eigenvalue weighted by Crippen LogP contribution is 2.35. The van der Waals surface area contributed by atoms with Crippen molar-refractivity contribution in [2.75, 3.05) is 18.1 Å². The first kappa shape index (κ1) is 13.8. The number of hydrogen-bond acceptors (Lipinski definition) is 5. The molecule has 0 amide bonds. The third kappa shape index (κ3) is 2.42. The van der Waals surface area contributed by atoms with Crippen molar-refractivity contribution in [3.8, 4) is 0 Å². The normalized spacial score (nSPS) is 14.9. The van der Waals surface area contributed by atoms with Crippen molar-refractivity contribution < 1.29 is 10.0 Å². The van der Waals surface area contributed by atoms with Crippen LogP contribution in [0, 0.1) is 10.1 Å². The zero-order valence-electron chi connectivity index (χ0n) is 11.6. The maximum absolute atomic E-state index is 11.1. The average molecular weight is 287 g/mol. The summed E-state index contributed by atoms with van der Waals surface area (Å²) in [6.45, 7) is 0.599. The Bertz CT molecular complexity index is 670. The molecule has 0 radical (unpaired) electrons. The molecule has 2 aromatic rings. The van der Waals surface area contributed by atoms with Crippen LogP contribution in [-0.2, 0) is 0 Å². The van der Waals surface area contributed by atoms with E-state index in [1.807, 2.05) is 12.1 Å². The lowest BCUT2D eigenvalue weighted by Crippen LogP contribution is -2.42. The molecule has 1 fully saturated rings. The molecule has 1 aliphatic carbocycles. The number of fused-ring (bicyclic) bond motifs is 1. The van der Waals surface area contributed by atoms with Crippen molar-refractivity contribution >= 4 is 22.3 Å². The van der Waals surface area contributed by atoms with Crippen LogP contribution in [0.1, 0.15) is 19.3 Å². The number of aliphatic hydroxyl groups excluding tert-OH is 1. The lowest BCUT2D eigenvalue weighted by Gasteiger charge is -2.39. The summed E-state index contributed by atoms with van der Waals surface area (Å²) in [5, 5.41) is 21.2. The second kappa shape index (κ2) is 5.65. The van der Waals surface area contributed by atoms with Crippen LogP contribution in [0.15, 0.2) is 30.5 Å². The molecule has 1 saturated carbocycles. The quantitative estimate of drug-likeness (QED) is 0.675. The van der Waals surface area contributed by atoms with Gasteiger partial charge >= 0.3 is 0 Å². The molecule has 1 aromatic carbocycles. The van der Waals surface area contributed by atoms with E-state index in [0.29, 0.717) is 18.1 Å². The van der Waals surface area contributed by atoms with E-state index in [2.05, 4.69) is 9.88 Å². The van der Waals surface area contributed by atoms with Crippen LogP contribution >= 0.6 is 0 Å². The zero-order chi connectivity index (χ0) is 14.8. The molecule has 0 bridgehead atoms. The Morgan fingerprint density at radius 3 is 2.81 bits per heavy atom. The molecule has 0 saturated heterocycles. The molecular weight excluding hydrogens is 270 g/mol. The van der Waals surface area contributed by atoms with Gasteiger partial charge in [-0.3, -0.25) is 10.1 Å². The van der Waals surface area contributed by atoms with Gasteiger partial charge in [0, 0.05) is 35.9 Å². The first-order valence-corrected chi connectivity index (χ1v) is 7.12. The summed E-state index contributed by atoms with van der Waals surface area (Å²) in [5.74, 6) is 0. The summed E-state index contributed by atoms with van der Waals surface area (Å²) in [4.78, 5) is 17.1. The number of nitro groups is 1. The molecule has 0 spiro atoms. The summed E-state index contributed by atoms with van der Waals surface area (Å²) in [6, 6.07) is 7.29. The summed E-state index contributed by atoms with van der Waals surface area (Å²) >= 11 is 0. The average Bonchev–Trinajstić information content (AvgIpc) is 2.43. The van der Waals surface area contributed by atoms with E-state index in [4.69, 9.17) is 0 Å². The van der Waals surface area contributed by atoms with Crippen LogP contribution < -0.4 is 4.90 Å². The van der Waals surface area contributed by atoms with Gasteiger partial charge in [0.05, 0.1) is 11.5 Å². The third-order valence-electron chi connectivity index (χ3n) is 4.09. The summed E-state index contributed by atoms with van der Waals surface area (Å²) in [5.41, 5.74) is 1.34. The van der Waals surface area contributed by atoms with Crippen molar-refractivity contribution in [2.45, 2.75) is 25.3 Å². The number of aromatic nitrogens is 1. The Kier molecular flexibility index (Phi) is 3.70. The van der Waals surface area contributed by atoms with Gasteiger partial charge in [-0.25, -0.2) is 4.98 Å². The van der Waals surface area contributed by atoms with Crippen molar-refractivity contribution in [1.82, 2.24) is 4.98 Å². The smallest absolute Gasteiger partial charge is 0.295 e. The molecule has 6 nitrogen and oxygen atoms in total. The van der Waals surface area contributed by atoms with Gasteiger partial charge < -0.3 is 10.0 Å². The van der Waals surface area contributed by atoms with Gasteiger partial charge in [-0.2, -0.15) is 0 Å². The Morgan fingerprint density at radius 2 is 2.19 bits per heavy atom. The minimum Gasteiger partial charge on any atom is -0.395 e. The predicted octanol–water partition coefficient (Wildman–Crippen LogP) is 2.49.